The Hall–Kier alpha value is -0.570. The molecule has 3 aliphatic rings. The van der Waals surface area contributed by atoms with Crippen molar-refractivity contribution in [1.82, 2.24) is 5.32 Å². The van der Waals surface area contributed by atoms with Crippen molar-refractivity contribution in [2.75, 3.05) is 13.2 Å². The molecule has 1 N–H and O–H groups in total. The Morgan fingerprint density at radius 3 is 2.69 bits per heavy atom. The van der Waals surface area contributed by atoms with Gasteiger partial charge in [-0.15, -0.1) is 0 Å². The van der Waals surface area contributed by atoms with E-state index >= 15 is 0 Å². The van der Waals surface area contributed by atoms with Crippen LogP contribution in [0, 0.1) is 23.7 Å². The summed E-state index contributed by atoms with van der Waals surface area (Å²) in [4.78, 5) is 12.0. The minimum absolute atomic E-state index is 0.284. The van der Waals surface area contributed by atoms with E-state index in [0.29, 0.717) is 17.7 Å². The second-order valence-corrected chi connectivity index (χ2v) is 5.85. The lowest BCUT2D eigenvalue weighted by Crippen LogP contribution is -2.41. The van der Waals surface area contributed by atoms with Crippen molar-refractivity contribution in [2.45, 2.75) is 38.6 Å². The van der Waals surface area contributed by atoms with Crippen LogP contribution in [0.2, 0.25) is 0 Å². The van der Waals surface area contributed by atoms with Gasteiger partial charge in [0.1, 0.15) is 0 Å². The quantitative estimate of drug-likeness (QED) is 0.788. The van der Waals surface area contributed by atoms with Gasteiger partial charge in [-0.1, -0.05) is 0 Å². The largest absolute Gasteiger partial charge is 0.381 e. The monoisotopic (exact) mass is 223 g/mol. The fraction of sp³-hybridized carbons (Fsp3) is 0.923. The molecule has 4 atom stereocenters. The predicted molar refractivity (Wildman–Crippen MR) is 60.9 cm³/mol. The van der Waals surface area contributed by atoms with Gasteiger partial charge in [-0.05, 0) is 44.4 Å². The Labute approximate surface area is 96.9 Å². The van der Waals surface area contributed by atoms with E-state index in [1.807, 2.05) is 0 Å². The average Bonchev–Trinajstić information content (AvgIpc) is 2.77. The molecule has 1 heterocycles. The minimum atomic E-state index is 0.284. The fourth-order valence-corrected chi connectivity index (χ4v) is 3.34. The van der Waals surface area contributed by atoms with Crippen LogP contribution >= 0.6 is 0 Å². The molecule has 0 spiro atoms. The molecule has 1 saturated heterocycles. The Bertz CT molecular complexity index is 276. The molecular formula is C13H21NO2. The van der Waals surface area contributed by atoms with Crippen LogP contribution in [-0.2, 0) is 9.53 Å². The van der Waals surface area contributed by atoms with E-state index in [2.05, 4.69) is 12.2 Å². The molecule has 3 fully saturated rings. The van der Waals surface area contributed by atoms with Gasteiger partial charge in [0.05, 0.1) is 6.61 Å². The Morgan fingerprint density at radius 1 is 1.31 bits per heavy atom. The summed E-state index contributed by atoms with van der Waals surface area (Å²) in [6.07, 6.45) is 4.77. The van der Waals surface area contributed by atoms with Gasteiger partial charge in [0, 0.05) is 24.5 Å². The Kier molecular flexibility index (Phi) is 2.66. The Balaban J connectivity index is 1.48. The van der Waals surface area contributed by atoms with E-state index in [1.165, 1.54) is 6.42 Å². The van der Waals surface area contributed by atoms with Gasteiger partial charge in [0.15, 0.2) is 0 Å². The molecule has 0 aromatic heterocycles. The van der Waals surface area contributed by atoms with Crippen LogP contribution in [0.5, 0.6) is 0 Å². The van der Waals surface area contributed by atoms with E-state index in [4.69, 9.17) is 4.74 Å². The molecule has 0 radical (unpaired) electrons. The lowest BCUT2D eigenvalue weighted by atomic mass is 9.98. The standard InChI is InChI=1S/C13H21NO2/c1-8(9-2-3-16-7-9)14-13(15)12-5-10-4-11(10)6-12/h8-12H,2-7H2,1H3,(H,14,15). The number of hydrogen-bond acceptors (Lipinski definition) is 2. The molecule has 1 amide bonds. The van der Waals surface area contributed by atoms with Crippen molar-refractivity contribution in [3.8, 4) is 0 Å². The van der Waals surface area contributed by atoms with Gasteiger partial charge in [-0.2, -0.15) is 0 Å². The number of rotatable bonds is 3. The highest BCUT2D eigenvalue weighted by Gasteiger charge is 2.48. The number of hydrogen-bond donors (Lipinski definition) is 1. The van der Waals surface area contributed by atoms with Crippen LogP contribution in [0.1, 0.15) is 32.6 Å². The van der Waals surface area contributed by atoms with Crippen LogP contribution in [0.15, 0.2) is 0 Å². The minimum Gasteiger partial charge on any atom is -0.381 e. The SMILES string of the molecule is CC(NC(=O)C1CC2CC2C1)C1CCOC1. The Morgan fingerprint density at radius 2 is 2.06 bits per heavy atom. The van der Waals surface area contributed by atoms with Crippen LogP contribution < -0.4 is 5.32 Å². The fourth-order valence-electron chi connectivity index (χ4n) is 3.34. The lowest BCUT2D eigenvalue weighted by molar-refractivity contribution is -0.126. The van der Waals surface area contributed by atoms with Crippen molar-refractivity contribution >= 4 is 5.91 Å². The number of amides is 1. The van der Waals surface area contributed by atoms with E-state index in [9.17, 15) is 4.79 Å². The molecule has 0 aromatic rings. The summed E-state index contributed by atoms with van der Waals surface area (Å²) in [5, 5.41) is 3.19. The molecule has 0 aromatic carbocycles. The number of carbonyl (C=O) groups excluding carboxylic acids is 1. The molecule has 3 nitrogen and oxygen atoms in total. The van der Waals surface area contributed by atoms with Crippen LogP contribution in [0.3, 0.4) is 0 Å². The summed E-state index contributed by atoms with van der Waals surface area (Å²) in [6.45, 7) is 3.79. The van der Waals surface area contributed by atoms with Crippen molar-refractivity contribution in [3.05, 3.63) is 0 Å². The third-order valence-corrected chi connectivity index (χ3v) is 4.66. The molecule has 2 saturated carbocycles. The van der Waals surface area contributed by atoms with E-state index in [0.717, 1.165) is 44.3 Å². The van der Waals surface area contributed by atoms with E-state index in [1.54, 1.807) is 0 Å². The molecule has 16 heavy (non-hydrogen) atoms. The zero-order chi connectivity index (χ0) is 11.1. The topological polar surface area (TPSA) is 38.3 Å². The molecule has 3 rings (SSSR count). The van der Waals surface area contributed by atoms with Crippen LogP contribution in [0.4, 0.5) is 0 Å². The van der Waals surface area contributed by atoms with Gasteiger partial charge in [-0.25, -0.2) is 0 Å². The van der Waals surface area contributed by atoms with Gasteiger partial charge < -0.3 is 10.1 Å². The first-order valence-electron chi connectivity index (χ1n) is 6.62. The van der Waals surface area contributed by atoms with Crippen molar-refractivity contribution < 1.29 is 9.53 Å². The maximum Gasteiger partial charge on any atom is 0.223 e. The van der Waals surface area contributed by atoms with E-state index in [-0.39, 0.29) is 6.04 Å². The lowest BCUT2D eigenvalue weighted by Gasteiger charge is -2.21. The number of carbonyl (C=O) groups is 1. The van der Waals surface area contributed by atoms with E-state index < -0.39 is 0 Å². The molecule has 0 bridgehead atoms. The summed E-state index contributed by atoms with van der Waals surface area (Å²) >= 11 is 0. The van der Waals surface area contributed by atoms with Gasteiger partial charge in [0.25, 0.3) is 0 Å². The summed E-state index contributed by atoms with van der Waals surface area (Å²) < 4.78 is 5.36. The van der Waals surface area contributed by atoms with Crippen LogP contribution in [0.25, 0.3) is 0 Å². The van der Waals surface area contributed by atoms with Crippen LogP contribution in [-0.4, -0.2) is 25.2 Å². The zero-order valence-electron chi connectivity index (χ0n) is 9.95. The third-order valence-electron chi connectivity index (χ3n) is 4.66. The first kappa shape index (κ1) is 10.6. The number of ether oxygens (including phenoxy) is 1. The predicted octanol–water partition coefficient (Wildman–Crippen LogP) is 1.57. The zero-order valence-corrected chi connectivity index (χ0v) is 9.95. The highest BCUT2D eigenvalue weighted by Crippen LogP contribution is 2.54. The smallest absolute Gasteiger partial charge is 0.223 e. The number of fused-ring (bicyclic) bond motifs is 1. The first-order chi connectivity index (χ1) is 7.74. The molecule has 4 unspecified atom stereocenters. The summed E-state index contributed by atoms with van der Waals surface area (Å²) in [5.74, 6) is 2.92. The molecule has 3 heteroatoms. The maximum absolute atomic E-state index is 12.0. The highest BCUT2D eigenvalue weighted by atomic mass is 16.5. The molecule has 1 aliphatic heterocycles. The maximum atomic E-state index is 12.0. The first-order valence-corrected chi connectivity index (χ1v) is 6.62. The van der Waals surface area contributed by atoms with Gasteiger partial charge in [-0.3, -0.25) is 4.79 Å². The second-order valence-electron chi connectivity index (χ2n) is 5.85. The highest BCUT2D eigenvalue weighted by molar-refractivity contribution is 5.79. The summed E-state index contributed by atoms with van der Waals surface area (Å²) in [6, 6.07) is 0.284. The van der Waals surface area contributed by atoms with Crippen molar-refractivity contribution in [1.29, 1.82) is 0 Å². The number of nitrogens with one attached hydrogen (secondary N) is 1. The average molecular weight is 223 g/mol. The van der Waals surface area contributed by atoms with Crippen molar-refractivity contribution in [2.24, 2.45) is 23.7 Å². The summed E-state index contributed by atoms with van der Waals surface area (Å²) in [7, 11) is 0. The van der Waals surface area contributed by atoms with Gasteiger partial charge in [0.2, 0.25) is 5.91 Å². The van der Waals surface area contributed by atoms with Crippen molar-refractivity contribution in [3.63, 3.8) is 0 Å². The summed E-state index contributed by atoms with van der Waals surface area (Å²) in [5.41, 5.74) is 0. The van der Waals surface area contributed by atoms with Gasteiger partial charge >= 0.3 is 0 Å². The third kappa shape index (κ3) is 1.97. The molecule has 2 aliphatic carbocycles. The normalized spacial score (nSPS) is 42.8. The second kappa shape index (κ2) is 4.02. The molecular weight excluding hydrogens is 202 g/mol. The molecule has 90 valence electrons.